The molecule has 0 heterocycles. The maximum Gasteiger partial charge on any atom is 0.253 e. The summed E-state index contributed by atoms with van der Waals surface area (Å²) in [6.45, 7) is 5.87. The molecule has 0 aliphatic carbocycles. The van der Waals surface area contributed by atoms with Gasteiger partial charge >= 0.3 is 0 Å². The van der Waals surface area contributed by atoms with Crippen molar-refractivity contribution in [3.63, 3.8) is 0 Å². The lowest BCUT2D eigenvalue weighted by Gasteiger charge is -2.23. The van der Waals surface area contributed by atoms with E-state index < -0.39 is 0 Å². The molecule has 0 saturated heterocycles. The average Bonchev–Trinajstić information content (AvgIpc) is 2.48. The zero-order valence-electron chi connectivity index (χ0n) is 13.0. The normalized spacial score (nSPS) is 10.7. The third-order valence-corrected chi connectivity index (χ3v) is 4.12. The summed E-state index contributed by atoms with van der Waals surface area (Å²) in [5.74, 6) is -0.335. The SMILES string of the molecule is CCCCCN(CCCCC)C(=O)c1ccc(F)c(Br)c1. The van der Waals surface area contributed by atoms with E-state index in [1.165, 1.54) is 6.07 Å². The summed E-state index contributed by atoms with van der Waals surface area (Å²) in [6.07, 6.45) is 6.58. The van der Waals surface area contributed by atoms with Gasteiger partial charge in [0.1, 0.15) is 5.82 Å². The predicted molar refractivity (Wildman–Crippen MR) is 89.1 cm³/mol. The Labute approximate surface area is 135 Å². The third-order valence-electron chi connectivity index (χ3n) is 3.52. The number of nitrogens with zero attached hydrogens (tertiary/aromatic N) is 1. The number of carbonyl (C=O) groups excluding carboxylic acids is 1. The minimum atomic E-state index is -0.338. The minimum absolute atomic E-state index is 0.00269. The van der Waals surface area contributed by atoms with E-state index in [0.29, 0.717) is 10.0 Å². The van der Waals surface area contributed by atoms with Crippen LogP contribution in [0.1, 0.15) is 62.7 Å². The van der Waals surface area contributed by atoms with E-state index in [4.69, 9.17) is 0 Å². The fraction of sp³-hybridized carbons (Fsp3) is 0.588. The molecule has 0 saturated carbocycles. The molecule has 0 radical (unpaired) electrons. The molecule has 0 unspecified atom stereocenters. The van der Waals surface area contributed by atoms with Gasteiger partial charge in [-0.3, -0.25) is 4.79 Å². The topological polar surface area (TPSA) is 20.3 Å². The Kier molecular flexibility index (Phi) is 8.58. The number of unbranched alkanes of at least 4 members (excludes halogenated alkanes) is 4. The number of hydrogen-bond donors (Lipinski definition) is 0. The van der Waals surface area contributed by atoms with Gasteiger partial charge in [0.05, 0.1) is 4.47 Å². The van der Waals surface area contributed by atoms with Crippen LogP contribution in [0.4, 0.5) is 4.39 Å². The van der Waals surface area contributed by atoms with E-state index in [-0.39, 0.29) is 11.7 Å². The Morgan fingerprint density at radius 1 is 1.10 bits per heavy atom. The Morgan fingerprint density at radius 2 is 1.67 bits per heavy atom. The van der Waals surface area contributed by atoms with Crippen molar-refractivity contribution in [1.82, 2.24) is 4.90 Å². The number of amides is 1. The summed E-state index contributed by atoms with van der Waals surface area (Å²) in [7, 11) is 0. The van der Waals surface area contributed by atoms with E-state index in [1.807, 2.05) is 4.90 Å². The fourth-order valence-electron chi connectivity index (χ4n) is 2.23. The van der Waals surface area contributed by atoms with E-state index in [0.717, 1.165) is 51.6 Å². The lowest BCUT2D eigenvalue weighted by Crippen LogP contribution is -2.33. The minimum Gasteiger partial charge on any atom is -0.339 e. The molecule has 0 aliphatic rings. The number of rotatable bonds is 9. The lowest BCUT2D eigenvalue weighted by molar-refractivity contribution is 0.0749. The van der Waals surface area contributed by atoms with Crippen LogP contribution in [0, 0.1) is 5.82 Å². The molecule has 0 bridgehead atoms. The van der Waals surface area contributed by atoms with Gasteiger partial charge in [0.15, 0.2) is 0 Å². The second-order valence-corrected chi connectivity index (χ2v) is 6.19. The molecule has 1 aromatic rings. The van der Waals surface area contributed by atoms with E-state index in [2.05, 4.69) is 29.8 Å². The first-order chi connectivity index (χ1) is 10.1. The van der Waals surface area contributed by atoms with Crippen LogP contribution < -0.4 is 0 Å². The van der Waals surface area contributed by atoms with Gasteiger partial charge in [-0.2, -0.15) is 0 Å². The van der Waals surface area contributed by atoms with E-state index >= 15 is 0 Å². The first kappa shape index (κ1) is 18.1. The molecular formula is C17H25BrFNO. The largest absolute Gasteiger partial charge is 0.339 e. The molecule has 0 fully saturated rings. The molecule has 4 heteroatoms. The highest BCUT2D eigenvalue weighted by Gasteiger charge is 2.16. The van der Waals surface area contributed by atoms with Crippen molar-refractivity contribution in [2.45, 2.75) is 52.4 Å². The van der Waals surface area contributed by atoms with Gasteiger partial charge in [0, 0.05) is 18.7 Å². The van der Waals surface area contributed by atoms with Crippen LogP contribution in [-0.2, 0) is 0 Å². The summed E-state index contributed by atoms with van der Waals surface area (Å²) in [5, 5.41) is 0. The highest BCUT2D eigenvalue weighted by atomic mass is 79.9. The predicted octanol–water partition coefficient (Wildman–Crippen LogP) is 5.41. The Hall–Kier alpha value is -0.900. The molecule has 1 rings (SSSR count). The molecule has 0 atom stereocenters. The molecule has 0 aliphatic heterocycles. The van der Waals surface area contributed by atoms with E-state index in [1.54, 1.807) is 12.1 Å². The first-order valence-electron chi connectivity index (χ1n) is 7.84. The molecule has 1 aromatic carbocycles. The Balaban J connectivity index is 2.73. The van der Waals surface area contributed by atoms with Crippen LogP contribution in [0.5, 0.6) is 0 Å². The number of halogens is 2. The molecule has 1 amide bonds. The van der Waals surface area contributed by atoms with Crippen molar-refractivity contribution in [2.75, 3.05) is 13.1 Å². The maximum absolute atomic E-state index is 13.3. The van der Waals surface area contributed by atoms with Crippen LogP contribution >= 0.6 is 15.9 Å². The van der Waals surface area contributed by atoms with Crippen LogP contribution in [0.25, 0.3) is 0 Å². The van der Waals surface area contributed by atoms with Crippen LogP contribution in [0.3, 0.4) is 0 Å². The van der Waals surface area contributed by atoms with Crippen molar-refractivity contribution in [3.05, 3.63) is 34.1 Å². The maximum atomic E-state index is 13.3. The number of carbonyl (C=O) groups is 1. The first-order valence-corrected chi connectivity index (χ1v) is 8.63. The zero-order valence-corrected chi connectivity index (χ0v) is 14.6. The van der Waals surface area contributed by atoms with E-state index in [9.17, 15) is 9.18 Å². The molecule has 2 nitrogen and oxygen atoms in total. The fourth-order valence-corrected chi connectivity index (χ4v) is 2.61. The quantitative estimate of drug-likeness (QED) is 0.541. The highest BCUT2D eigenvalue weighted by Crippen LogP contribution is 2.18. The zero-order chi connectivity index (χ0) is 15.7. The van der Waals surface area contributed by atoms with Gasteiger partial charge in [-0.1, -0.05) is 39.5 Å². The number of benzene rings is 1. The summed E-state index contributed by atoms with van der Waals surface area (Å²) in [6, 6.07) is 4.48. The van der Waals surface area contributed by atoms with Crippen LogP contribution in [0.15, 0.2) is 22.7 Å². The summed E-state index contributed by atoms with van der Waals surface area (Å²) < 4.78 is 13.6. The van der Waals surface area contributed by atoms with Crippen molar-refractivity contribution in [2.24, 2.45) is 0 Å². The number of hydrogen-bond acceptors (Lipinski definition) is 1. The van der Waals surface area contributed by atoms with Gasteiger partial charge in [-0.25, -0.2) is 4.39 Å². The summed E-state index contributed by atoms with van der Waals surface area (Å²) >= 11 is 3.15. The van der Waals surface area contributed by atoms with Gasteiger partial charge in [-0.15, -0.1) is 0 Å². The summed E-state index contributed by atoms with van der Waals surface area (Å²) in [4.78, 5) is 14.5. The monoisotopic (exact) mass is 357 g/mol. The van der Waals surface area contributed by atoms with Crippen molar-refractivity contribution in [1.29, 1.82) is 0 Å². The van der Waals surface area contributed by atoms with Gasteiger partial charge in [0.2, 0.25) is 0 Å². The van der Waals surface area contributed by atoms with Crippen LogP contribution in [-0.4, -0.2) is 23.9 Å². The standard InChI is InChI=1S/C17H25BrFNO/c1-3-5-7-11-20(12-8-6-4-2)17(21)14-9-10-16(19)15(18)13-14/h9-10,13H,3-8,11-12H2,1-2H3. The smallest absolute Gasteiger partial charge is 0.253 e. The average molecular weight is 358 g/mol. The van der Waals surface area contributed by atoms with Gasteiger partial charge in [-0.05, 0) is 47.0 Å². The molecule has 0 N–H and O–H groups in total. The molecular weight excluding hydrogens is 333 g/mol. The lowest BCUT2D eigenvalue weighted by atomic mass is 10.1. The second-order valence-electron chi connectivity index (χ2n) is 5.34. The Morgan fingerprint density at radius 3 is 2.14 bits per heavy atom. The second kappa shape index (κ2) is 9.93. The Bertz CT molecular complexity index is 440. The highest BCUT2D eigenvalue weighted by molar-refractivity contribution is 9.10. The van der Waals surface area contributed by atoms with Gasteiger partial charge in [0.25, 0.3) is 5.91 Å². The van der Waals surface area contributed by atoms with Crippen molar-refractivity contribution < 1.29 is 9.18 Å². The van der Waals surface area contributed by atoms with Crippen molar-refractivity contribution in [3.8, 4) is 0 Å². The third kappa shape index (κ3) is 6.16. The van der Waals surface area contributed by atoms with Gasteiger partial charge < -0.3 is 4.90 Å². The molecule has 21 heavy (non-hydrogen) atoms. The molecule has 0 aromatic heterocycles. The van der Waals surface area contributed by atoms with Crippen molar-refractivity contribution >= 4 is 21.8 Å². The van der Waals surface area contributed by atoms with Crippen LogP contribution in [0.2, 0.25) is 0 Å². The molecule has 118 valence electrons. The summed E-state index contributed by atoms with van der Waals surface area (Å²) in [5.41, 5.74) is 0.552. The molecule has 0 spiro atoms.